The second-order valence-electron chi connectivity index (χ2n) is 15.5. The highest BCUT2D eigenvalue weighted by atomic mass is 16.6. The van der Waals surface area contributed by atoms with Crippen LogP contribution in [0.3, 0.4) is 0 Å². The molecule has 0 radical (unpaired) electrons. The van der Waals surface area contributed by atoms with E-state index in [-0.39, 0.29) is 12.8 Å². The SMILES string of the molecule is CC(C)(C)OC(=O)N[C@H](Cc1cn(C(=O)OC(C)(C)C)c2ccccc12)C(=O)N[C@@](C)(N)Cc1cn(C(=O)OC(C)(C)C)c2ccccc12. The number of nitrogens with two attached hydrogens (primary N) is 1. The van der Waals surface area contributed by atoms with Crippen molar-refractivity contribution in [1.82, 2.24) is 19.8 Å². The molecule has 4 rings (SSSR count). The molecule has 264 valence electrons. The molecule has 2 amide bonds. The molecule has 0 aliphatic heterocycles. The van der Waals surface area contributed by atoms with Crippen LogP contribution < -0.4 is 16.4 Å². The Hall–Kier alpha value is -4.84. The van der Waals surface area contributed by atoms with E-state index in [9.17, 15) is 19.2 Å². The first-order valence-corrected chi connectivity index (χ1v) is 16.3. The molecule has 0 aliphatic carbocycles. The van der Waals surface area contributed by atoms with Crippen molar-refractivity contribution in [3.8, 4) is 0 Å². The zero-order valence-electron chi connectivity index (χ0n) is 30.1. The summed E-state index contributed by atoms with van der Waals surface area (Å²) in [5, 5.41) is 7.08. The summed E-state index contributed by atoms with van der Waals surface area (Å²) in [6.07, 6.45) is 1.53. The van der Waals surface area contributed by atoms with Gasteiger partial charge >= 0.3 is 18.3 Å². The minimum absolute atomic E-state index is 0.00934. The molecule has 49 heavy (non-hydrogen) atoms. The van der Waals surface area contributed by atoms with Gasteiger partial charge in [-0.3, -0.25) is 13.9 Å². The van der Waals surface area contributed by atoms with Gasteiger partial charge < -0.3 is 30.6 Å². The fourth-order valence-electron chi connectivity index (χ4n) is 5.42. The average molecular weight is 676 g/mol. The zero-order chi connectivity index (χ0) is 36.5. The van der Waals surface area contributed by atoms with E-state index in [2.05, 4.69) is 10.6 Å². The molecule has 0 aliphatic rings. The molecule has 0 saturated heterocycles. The van der Waals surface area contributed by atoms with Crippen LogP contribution in [0.15, 0.2) is 60.9 Å². The van der Waals surface area contributed by atoms with E-state index in [1.807, 2.05) is 36.4 Å². The lowest BCUT2D eigenvalue weighted by atomic mass is 9.99. The molecule has 4 N–H and O–H groups in total. The van der Waals surface area contributed by atoms with E-state index in [1.54, 1.807) is 93.8 Å². The molecule has 2 aromatic heterocycles. The molecule has 2 heterocycles. The highest BCUT2D eigenvalue weighted by Gasteiger charge is 2.32. The number of fused-ring (bicyclic) bond motifs is 2. The number of para-hydroxylation sites is 2. The third-order valence-electron chi connectivity index (χ3n) is 7.17. The fourth-order valence-corrected chi connectivity index (χ4v) is 5.42. The summed E-state index contributed by atoms with van der Waals surface area (Å²) >= 11 is 0. The predicted molar refractivity (Wildman–Crippen MR) is 188 cm³/mol. The average Bonchev–Trinajstić information content (AvgIpc) is 3.48. The Kier molecular flexibility index (Phi) is 10.3. The van der Waals surface area contributed by atoms with Gasteiger partial charge in [-0.1, -0.05) is 36.4 Å². The topological polar surface area (TPSA) is 156 Å². The van der Waals surface area contributed by atoms with E-state index in [1.165, 1.54) is 9.13 Å². The van der Waals surface area contributed by atoms with Gasteiger partial charge in [0.15, 0.2) is 0 Å². The molecule has 0 fully saturated rings. The van der Waals surface area contributed by atoms with Gasteiger partial charge in [0, 0.05) is 36.0 Å². The largest absolute Gasteiger partial charge is 0.444 e. The van der Waals surface area contributed by atoms with Crippen molar-refractivity contribution in [2.75, 3.05) is 0 Å². The van der Waals surface area contributed by atoms with Gasteiger partial charge in [-0.2, -0.15) is 0 Å². The molecule has 12 nitrogen and oxygen atoms in total. The van der Waals surface area contributed by atoms with Crippen molar-refractivity contribution < 1.29 is 33.4 Å². The molecule has 2 atom stereocenters. The first kappa shape index (κ1) is 37.0. The van der Waals surface area contributed by atoms with Crippen LogP contribution in [0.1, 0.15) is 80.4 Å². The van der Waals surface area contributed by atoms with E-state index in [0.29, 0.717) is 27.5 Å². The number of hydrogen-bond acceptors (Lipinski definition) is 8. The molecule has 0 spiro atoms. The van der Waals surface area contributed by atoms with Gasteiger partial charge in [0.05, 0.1) is 16.7 Å². The van der Waals surface area contributed by atoms with Crippen LogP contribution in [-0.2, 0) is 31.8 Å². The number of nitrogens with zero attached hydrogens (tertiary/aromatic N) is 2. The zero-order valence-corrected chi connectivity index (χ0v) is 30.1. The highest BCUT2D eigenvalue weighted by molar-refractivity contribution is 5.94. The number of aromatic nitrogens is 2. The van der Waals surface area contributed by atoms with Crippen molar-refractivity contribution in [2.45, 2.75) is 111 Å². The Bertz CT molecular complexity index is 1870. The Balaban J connectivity index is 1.65. The van der Waals surface area contributed by atoms with Gasteiger partial charge in [0.25, 0.3) is 0 Å². The maximum absolute atomic E-state index is 14.0. The lowest BCUT2D eigenvalue weighted by Gasteiger charge is -2.29. The van der Waals surface area contributed by atoms with Gasteiger partial charge in [0.1, 0.15) is 22.8 Å². The third kappa shape index (κ3) is 9.85. The molecule has 0 bridgehead atoms. The maximum Gasteiger partial charge on any atom is 0.419 e. The number of ether oxygens (including phenoxy) is 3. The predicted octanol–water partition coefficient (Wildman–Crippen LogP) is 6.63. The second-order valence-corrected chi connectivity index (χ2v) is 15.5. The summed E-state index contributed by atoms with van der Waals surface area (Å²) in [5.41, 5.74) is 5.72. The standard InChI is InChI=1S/C37H49N5O7/c1-34(2,3)47-31(44)39-27(19-23-21-41(32(45)48-35(4,5)6)28-17-13-11-15-25(23)28)30(43)40-37(10,38)20-24-22-42(33(46)49-36(7,8)9)29-18-14-12-16-26(24)29/h11-18,21-22,27H,19-20,38H2,1-10H3,(H,39,44)(H,40,43)/t27-,37-/m1/s1. The summed E-state index contributed by atoms with van der Waals surface area (Å²) in [4.78, 5) is 53.2. The number of benzene rings is 2. The lowest BCUT2D eigenvalue weighted by Crippen LogP contribution is -2.60. The van der Waals surface area contributed by atoms with E-state index in [0.717, 1.165) is 5.39 Å². The Morgan fingerprint density at radius 3 is 1.57 bits per heavy atom. The van der Waals surface area contributed by atoms with Crippen molar-refractivity contribution in [2.24, 2.45) is 5.73 Å². The summed E-state index contributed by atoms with van der Waals surface area (Å²) in [6, 6.07) is 13.5. The molecular weight excluding hydrogens is 626 g/mol. The van der Waals surface area contributed by atoms with Crippen LogP contribution in [0.25, 0.3) is 21.8 Å². The molecule has 12 heteroatoms. The minimum atomic E-state index is -1.32. The summed E-state index contributed by atoms with van der Waals surface area (Å²) in [6.45, 7) is 17.5. The molecular formula is C37H49N5O7. The van der Waals surface area contributed by atoms with Crippen LogP contribution >= 0.6 is 0 Å². The first-order chi connectivity index (χ1) is 22.5. The summed E-state index contributed by atoms with van der Waals surface area (Å²) in [5.74, 6) is -0.569. The van der Waals surface area contributed by atoms with E-state index in [4.69, 9.17) is 19.9 Å². The quantitative estimate of drug-likeness (QED) is 0.146. The number of nitrogens with one attached hydrogen (secondary N) is 2. The number of hydrogen-bond donors (Lipinski definition) is 3. The Morgan fingerprint density at radius 2 is 1.10 bits per heavy atom. The maximum atomic E-state index is 14.0. The van der Waals surface area contributed by atoms with Gasteiger partial charge in [-0.05, 0) is 92.5 Å². The van der Waals surface area contributed by atoms with Crippen LogP contribution in [0, 0.1) is 0 Å². The van der Waals surface area contributed by atoms with Crippen LogP contribution in [0.2, 0.25) is 0 Å². The highest BCUT2D eigenvalue weighted by Crippen LogP contribution is 2.27. The molecule has 2 aromatic carbocycles. The van der Waals surface area contributed by atoms with Gasteiger partial charge in [0.2, 0.25) is 5.91 Å². The fraction of sp³-hybridized carbons (Fsp3) is 0.459. The first-order valence-electron chi connectivity index (χ1n) is 16.3. The minimum Gasteiger partial charge on any atom is -0.444 e. The summed E-state index contributed by atoms with van der Waals surface area (Å²) in [7, 11) is 0. The number of carbonyl (C=O) groups excluding carboxylic acids is 4. The molecule has 0 saturated carbocycles. The third-order valence-corrected chi connectivity index (χ3v) is 7.17. The van der Waals surface area contributed by atoms with E-state index < -0.39 is 52.7 Å². The van der Waals surface area contributed by atoms with Crippen molar-refractivity contribution in [3.63, 3.8) is 0 Å². The van der Waals surface area contributed by atoms with Gasteiger partial charge in [-0.25, -0.2) is 14.4 Å². The smallest absolute Gasteiger partial charge is 0.419 e. The van der Waals surface area contributed by atoms with Gasteiger partial charge in [-0.15, -0.1) is 0 Å². The van der Waals surface area contributed by atoms with Crippen molar-refractivity contribution in [1.29, 1.82) is 0 Å². The van der Waals surface area contributed by atoms with Crippen molar-refractivity contribution in [3.05, 3.63) is 72.1 Å². The number of carbonyl (C=O) groups is 4. The lowest BCUT2D eigenvalue weighted by molar-refractivity contribution is -0.124. The summed E-state index contributed by atoms with van der Waals surface area (Å²) < 4.78 is 19.5. The van der Waals surface area contributed by atoms with Crippen molar-refractivity contribution >= 4 is 46.0 Å². The number of alkyl carbamates (subject to hydrolysis) is 1. The number of rotatable bonds is 7. The Labute approximate surface area is 287 Å². The Morgan fingerprint density at radius 1 is 0.673 bits per heavy atom. The number of amides is 2. The molecule has 4 aromatic rings. The van der Waals surface area contributed by atoms with Crippen LogP contribution in [-0.4, -0.2) is 61.8 Å². The normalized spacial score (nSPS) is 14.2. The van der Waals surface area contributed by atoms with E-state index >= 15 is 0 Å². The molecule has 0 unspecified atom stereocenters. The van der Waals surface area contributed by atoms with Crippen LogP contribution in [0.5, 0.6) is 0 Å². The monoisotopic (exact) mass is 675 g/mol. The second kappa shape index (κ2) is 13.6. The van der Waals surface area contributed by atoms with Crippen LogP contribution in [0.4, 0.5) is 14.4 Å².